The van der Waals surface area contributed by atoms with E-state index in [1.54, 1.807) is 0 Å². The van der Waals surface area contributed by atoms with Crippen LogP contribution in [-0.2, 0) is 0 Å². The van der Waals surface area contributed by atoms with Gasteiger partial charge in [0, 0.05) is 19.6 Å². The minimum Gasteiger partial charge on any atom is -1.00 e. The summed E-state index contributed by atoms with van der Waals surface area (Å²) in [5.41, 5.74) is 5.13. The van der Waals surface area contributed by atoms with Gasteiger partial charge in [-0.05, 0) is 0 Å². The van der Waals surface area contributed by atoms with Crippen LogP contribution in [0.25, 0.3) is 0 Å². The molecule has 0 unspecified atom stereocenters. The van der Waals surface area contributed by atoms with Crippen LogP contribution < -0.4 is 62.4 Å². The van der Waals surface area contributed by atoms with Crippen molar-refractivity contribution in [2.75, 3.05) is 26.2 Å². The number of aliphatic hydroxyl groups is 1. The minimum absolute atomic E-state index is 0. The van der Waals surface area contributed by atoms with Crippen molar-refractivity contribution in [3.05, 3.63) is 0 Å². The normalized spacial score (nSPS) is 8.25. The molecule has 0 fully saturated rings. The molecular weight excluding hydrogens is 131 g/mol. The Kier molecular flexibility index (Phi) is 17.3. The molecule has 0 aromatic heterocycles. The second-order valence-electron chi connectivity index (χ2n) is 1.26. The molecule has 0 aliphatic heterocycles. The second-order valence-corrected chi connectivity index (χ2v) is 1.26. The van der Waals surface area contributed by atoms with Crippen LogP contribution in [0.5, 0.6) is 0 Å². The molecule has 46 valence electrons. The third kappa shape index (κ3) is 10.5. The van der Waals surface area contributed by atoms with Gasteiger partial charge in [-0.15, -0.1) is 0 Å². The number of nitrogens with one attached hydrogen (secondary N) is 1. The summed E-state index contributed by atoms with van der Waals surface area (Å²) in [5, 5.41) is 11.1. The molecule has 0 saturated carbocycles. The Labute approximate surface area is 93.9 Å². The van der Waals surface area contributed by atoms with Gasteiger partial charge in [0.15, 0.2) is 0 Å². The van der Waals surface area contributed by atoms with Gasteiger partial charge in [-0.2, -0.15) is 0 Å². The molecule has 0 heterocycles. The molecule has 0 radical (unpaired) electrons. The topological polar surface area (TPSA) is 58.3 Å². The molecule has 0 bridgehead atoms. The fraction of sp³-hybridized carbons (Fsp3) is 1.00. The first-order valence-electron chi connectivity index (χ1n) is 2.43. The Morgan fingerprint density at radius 2 is 2.12 bits per heavy atom. The predicted octanol–water partition coefficient (Wildman–Crippen LogP) is -4.36. The zero-order valence-electron chi connectivity index (χ0n) is 6.35. The summed E-state index contributed by atoms with van der Waals surface area (Å²) >= 11 is 0. The van der Waals surface area contributed by atoms with E-state index in [0.29, 0.717) is 13.1 Å². The van der Waals surface area contributed by atoms with E-state index >= 15 is 0 Å². The van der Waals surface area contributed by atoms with E-state index in [2.05, 4.69) is 5.32 Å². The summed E-state index contributed by atoms with van der Waals surface area (Å²) in [6.07, 6.45) is 0. The largest absolute Gasteiger partial charge is 1.00 e. The summed E-state index contributed by atoms with van der Waals surface area (Å²) in [4.78, 5) is 0. The first kappa shape index (κ1) is 12.2. The van der Waals surface area contributed by atoms with Gasteiger partial charge in [0.05, 0.1) is 6.61 Å². The van der Waals surface area contributed by atoms with Crippen molar-refractivity contribution in [3.63, 3.8) is 0 Å². The third-order valence-corrected chi connectivity index (χ3v) is 0.610. The quantitative estimate of drug-likeness (QED) is 0.276. The first-order chi connectivity index (χ1) is 3.41. The van der Waals surface area contributed by atoms with Crippen LogP contribution in [0.3, 0.4) is 0 Å². The summed E-state index contributed by atoms with van der Waals surface area (Å²) in [6.45, 7) is 2.28. The van der Waals surface area contributed by atoms with Gasteiger partial charge in [-0.1, -0.05) is 0 Å². The molecule has 4 heteroatoms. The number of hydrogen-bond acceptors (Lipinski definition) is 3. The smallest absolute Gasteiger partial charge is 1.00 e. The summed E-state index contributed by atoms with van der Waals surface area (Å²) in [6, 6.07) is 0. The zero-order chi connectivity index (χ0) is 5.54. The van der Waals surface area contributed by atoms with Gasteiger partial charge >= 0.3 is 51.4 Å². The number of rotatable bonds is 4. The fourth-order valence-corrected chi connectivity index (χ4v) is 0.306. The average molecular weight is 144 g/mol. The van der Waals surface area contributed by atoms with Crippen molar-refractivity contribution in [1.29, 1.82) is 0 Å². The van der Waals surface area contributed by atoms with Gasteiger partial charge in [-0.3, -0.25) is 0 Å². The number of hydrogen-bond donors (Lipinski definition) is 3. The van der Waals surface area contributed by atoms with Gasteiger partial charge in [-0.25, -0.2) is 0 Å². The van der Waals surface area contributed by atoms with Crippen molar-refractivity contribution < 1.29 is 57.9 Å². The SMILES string of the molecule is NCCNCCO.[H-].[K+]. The zero-order valence-corrected chi connectivity index (χ0v) is 8.48. The molecule has 0 rings (SSSR count). The average Bonchev–Trinajstić information content (AvgIpc) is 1.69. The summed E-state index contributed by atoms with van der Waals surface area (Å²) < 4.78 is 0. The molecule has 0 atom stereocenters. The van der Waals surface area contributed by atoms with Crippen LogP contribution in [0.4, 0.5) is 0 Å². The van der Waals surface area contributed by atoms with Crippen LogP contribution in [0.1, 0.15) is 1.43 Å². The van der Waals surface area contributed by atoms with Crippen molar-refractivity contribution in [3.8, 4) is 0 Å². The fourth-order valence-electron chi connectivity index (χ4n) is 0.306. The van der Waals surface area contributed by atoms with Crippen molar-refractivity contribution in [2.45, 2.75) is 0 Å². The van der Waals surface area contributed by atoms with E-state index in [-0.39, 0.29) is 59.4 Å². The van der Waals surface area contributed by atoms with E-state index in [1.807, 2.05) is 0 Å². The van der Waals surface area contributed by atoms with Crippen molar-refractivity contribution >= 4 is 0 Å². The maximum atomic E-state index is 8.19. The van der Waals surface area contributed by atoms with Gasteiger partial charge in [0.25, 0.3) is 0 Å². The monoisotopic (exact) mass is 144 g/mol. The Hall–Kier alpha value is 1.52. The molecule has 0 amide bonds. The number of aliphatic hydroxyl groups excluding tert-OH is 1. The molecule has 0 spiro atoms. The van der Waals surface area contributed by atoms with E-state index < -0.39 is 0 Å². The molecule has 0 aromatic rings. The summed E-state index contributed by atoms with van der Waals surface area (Å²) in [7, 11) is 0. The van der Waals surface area contributed by atoms with Crippen molar-refractivity contribution in [1.82, 2.24) is 5.32 Å². The van der Waals surface area contributed by atoms with E-state index in [0.717, 1.165) is 6.54 Å². The molecule has 4 N–H and O–H groups in total. The Bertz CT molecular complexity index is 37.7. The molecule has 0 aliphatic rings. The Morgan fingerprint density at radius 1 is 1.50 bits per heavy atom. The standard InChI is InChI=1S/C4H12N2O.K.H/c5-1-2-6-3-4-7;;/h6-7H,1-5H2;;/q;+1;-1. The molecular formula is C4H13KN2O. The van der Waals surface area contributed by atoms with Crippen LogP contribution >= 0.6 is 0 Å². The predicted molar refractivity (Wildman–Crippen MR) is 30.1 cm³/mol. The van der Waals surface area contributed by atoms with E-state index in [4.69, 9.17) is 10.8 Å². The Morgan fingerprint density at radius 3 is 2.50 bits per heavy atom. The van der Waals surface area contributed by atoms with Crippen LogP contribution in [0.15, 0.2) is 0 Å². The molecule has 3 nitrogen and oxygen atoms in total. The molecule has 8 heavy (non-hydrogen) atoms. The van der Waals surface area contributed by atoms with Crippen LogP contribution in [-0.4, -0.2) is 31.3 Å². The Balaban J connectivity index is -0.000000180. The maximum Gasteiger partial charge on any atom is 1.00 e. The van der Waals surface area contributed by atoms with Crippen LogP contribution in [0, 0.1) is 0 Å². The van der Waals surface area contributed by atoms with Crippen molar-refractivity contribution in [2.24, 2.45) is 5.73 Å². The second kappa shape index (κ2) is 11.3. The van der Waals surface area contributed by atoms with Crippen LogP contribution in [0.2, 0.25) is 0 Å². The minimum atomic E-state index is 0. The molecule has 0 aromatic carbocycles. The first-order valence-corrected chi connectivity index (χ1v) is 2.43. The van der Waals surface area contributed by atoms with Gasteiger partial charge in [0.1, 0.15) is 0 Å². The molecule has 0 aliphatic carbocycles. The van der Waals surface area contributed by atoms with Gasteiger partial charge < -0.3 is 17.6 Å². The summed E-state index contributed by atoms with van der Waals surface area (Å²) in [5.74, 6) is 0. The third-order valence-electron chi connectivity index (χ3n) is 0.610. The van der Waals surface area contributed by atoms with E-state index in [1.165, 1.54) is 0 Å². The van der Waals surface area contributed by atoms with E-state index in [9.17, 15) is 0 Å². The number of nitrogens with two attached hydrogens (primary N) is 1. The molecule has 0 saturated heterocycles. The maximum absolute atomic E-state index is 8.19. The van der Waals surface area contributed by atoms with Gasteiger partial charge in [0.2, 0.25) is 0 Å².